The summed E-state index contributed by atoms with van der Waals surface area (Å²) in [7, 11) is 0. The molecule has 0 fully saturated rings. The Morgan fingerprint density at radius 1 is 1.38 bits per heavy atom. The Morgan fingerprint density at radius 2 is 2.14 bits per heavy atom. The fraction of sp³-hybridized carbons (Fsp3) is 0.562. The molecule has 0 aliphatic heterocycles. The lowest BCUT2D eigenvalue weighted by atomic mass is 10.1. The van der Waals surface area contributed by atoms with Gasteiger partial charge in [-0.2, -0.15) is 0 Å². The van der Waals surface area contributed by atoms with Gasteiger partial charge in [-0.3, -0.25) is 4.79 Å². The lowest BCUT2D eigenvalue weighted by Crippen LogP contribution is -2.30. The van der Waals surface area contributed by atoms with E-state index in [4.69, 9.17) is 4.74 Å². The maximum absolute atomic E-state index is 11.7. The van der Waals surface area contributed by atoms with Crippen LogP contribution in [-0.4, -0.2) is 25.6 Å². The summed E-state index contributed by atoms with van der Waals surface area (Å²) < 4.78 is 6.40. The van der Waals surface area contributed by atoms with E-state index in [1.54, 1.807) is 0 Å². The van der Waals surface area contributed by atoms with Gasteiger partial charge in [-0.25, -0.2) is 0 Å². The first kappa shape index (κ1) is 18.0. The summed E-state index contributed by atoms with van der Waals surface area (Å²) in [6.45, 7) is 8.84. The summed E-state index contributed by atoms with van der Waals surface area (Å²) in [4.78, 5) is 11.7. The maximum Gasteiger partial charge on any atom is 0.257 e. The molecule has 0 spiro atoms. The van der Waals surface area contributed by atoms with Crippen LogP contribution >= 0.6 is 15.9 Å². The molecule has 0 heterocycles. The van der Waals surface area contributed by atoms with Crippen molar-refractivity contribution >= 4 is 21.8 Å². The van der Waals surface area contributed by atoms with E-state index < -0.39 is 0 Å². The molecule has 1 amide bonds. The first-order valence-electron chi connectivity index (χ1n) is 7.41. The molecule has 1 aromatic carbocycles. The van der Waals surface area contributed by atoms with Gasteiger partial charge in [0.25, 0.3) is 5.91 Å². The normalized spacial score (nSPS) is 10.7. The number of halogens is 1. The quantitative estimate of drug-likeness (QED) is 0.714. The molecule has 4 nitrogen and oxygen atoms in total. The van der Waals surface area contributed by atoms with Crippen molar-refractivity contribution in [2.24, 2.45) is 5.92 Å². The van der Waals surface area contributed by atoms with Gasteiger partial charge in [0.2, 0.25) is 0 Å². The maximum atomic E-state index is 11.7. The number of nitrogens with one attached hydrogen (secondary N) is 2. The minimum absolute atomic E-state index is 0.0449. The highest BCUT2D eigenvalue weighted by atomic mass is 79.9. The van der Waals surface area contributed by atoms with Gasteiger partial charge in [0, 0.05) is 13.1 Å². The number of carbonyl (C=O) groups is 1. The van der Waals surface area contributed by atoms with Gasteiger partial charge in [0.1, 0.15) is 5.75 Å². The van der Waals surface area contributed by atoms with Crippen molar-refractivity contribution in [1.82, 2.24) is 10.6 Å². The lowest BCUT2D eigenvalue weighted by Gasteiger charge is -2.11. The summed E-state index contributed by atoms with van der Waals surface area (Å²) in [6, 6.07) is 5.90. The number of hydrogen-bond donors (Lipinski definition) is 2. The van der Waals surface area contributed by atoms with Gasteiger partial charge in [-0.15, -0.1) is 0 Å². The second kappa shape index (κ2) is 9.79. The molecule has 21 heavy (non-hydrogen) atoms. The zero-order valence-corrected chi connectivity index (χ0v) is 14.6. The lowest BCUT2D eigenvalue weighted by molar-refractivity contribution is -0.123. The van der Waals surface area contributed by atoms with Crippen LogP contribution in [0.2, 0.25) is 0 Å². The third-order valence-corrected chi connectivity index (χ3v) is 3.60. The first-order chi connectivity index (χ1) is 10.0. The second-order valence-electron chi connectivity index (χ2n) is 5.37. The molecule has 0 atom stereocenters. The van der Waals surface area contributed by atoms with E-state index in [1.807, 2.05) is 18.2 Å². The Bertz CT molecular complexity index is 450. The standard InChI is InChI=1S/C16H25BrN2O2/c1-4-18-10-13-5-6-15(14(17)9-13)21-11-16(20)19-8-7-12(2)3/h5-6,9,12,18H,4,7-8,10-11H2,1-3H3,(H,19,20). The van der Waals surface area contributed by atoms with Crippen molar-refractivity contribution in [3.05, 3.63) is 28.2 Å². The SMILES string of the molecule is CCNCc1ccc(OCC(=O)NCCC(C)C)c(Br)c1. The number of benzene rings is 1. The zero-order chi connectivity index (χ0) is 15.7. The van der Waals surface area contributed by atoms with Crippen LogP contribution in [0.3, 0.4) is 0 Å². The summed E-state index contributed by atoms with van der Waals surface area (Å²) in [6.07, 6.45) is 0.981. The van der Waals surface area contributed by atoms with E-state index in [9.17, 15) is 4.79 Å². The first-order valence-corrected chi connectivity index (χ1v) is 8.20. The van der Waals surface area contributed by atoms with Crippen LogP contribution in [0.25, 0.3) is 0 Å². The molecule has 0 saturated carbocycles. The van der Waals surface area contributed by atoms with Gasteiger partial charge < -0.3 is 15.4 Å². The van der Waals surface area contributed by atoms with Gasteiger partial charge >= 0.3 is 0 Å². The molecule has 1 rings (SSSR count). The Balaban J connectivity index is 2.39. The third-order valence-electron chi connectivity index (χ3n) is 2.98. The Morgan fingerprint density at radius 3 is 2.76 bits per heavy atom. The second-order valence-corrected chi connectivity index (χ2v) is 6.22. The Labute approximate surface area is 135 Å². The fourth-order valence-corrected chi connectivity index (χ4v) is 2.28. The average molecular weight is 357 g/mol. The van der Waals surface area contributed by atoms with E-state index in [-0.39, 0.29) is 12.5 Å². The van der Waals surface area contributed by atoms with Crippen molar-refractivity contribution in [3.8, 4) is 5.75 Å². The van der Waals surface area contributed by atoms with Crippen molar-refractivity contribution in [3.63, 3.8) is 0 Å². The molecule has 1 aromatic rings. The molecular formula is C16H25BrN2O2. The third kappa shape index (κ3) is 7.48. The van der Waals surface area contributed by atoms with Gasteiger partial charge in [-0.05, 0) is 52.5 Å². The van der Waals surface area contributed by atoms with Crippen LogP contribution in [0.4, 0.5) is 0 Å². The van der Waals surface area contributed by atoms with Crippen molar-refractivity contribution in [1.29, 1.82) is 0 Å². The monoisotopic (exact) mass is 356 g/mol. The number of amides is 1. The molecule has 2 N–H and O–H groups in total. The van der Waals surface area contributed by atoms with Gasteiger partial charge in [0.15, 0.2) is 6.61 Å². The van der Waals surface area contributed by atoms with Crippen LogP contribution in [0.5, 0.6) is 5.75 Å². The van der Waals surface area contributed by atoms with E-state index in [0.717, 1.165) is 24.0 Å². The smallest absolute Gasteiger partial charge is 0.257 e. The van der Waals surface area contributed by atoms with Crippen LogP contribution in [0, 0.1) is 5.92 Å². The highest BCUT2D eigenvalue weighted by Crippen LogP contribution is 2.25. The van der Waals surface area contributed by atoms with E-state index in [0.29, 0.717) is 18.2 Å². The Kier molecular flexibility index (Phi) is 8.38. The molecule has 0 aromatic heterocycles. The largest absolute Gasteiger partial charge is 0.483 e. The molecule has 118 valence electrons. The van der Waals surface area contributed by atoms with Gasteiger partial charge in [-0.1, -0.05) is 26.8 Å². The van der Waals surface area contributed by atoms with Gasteiger partial charge in [0.05, 0.1) is 4.47 Å². The predicted octanol–water partition coefficient (Wildman–Crippen LogP) is 3.10. The number of hydrogen-bond acceptors (Lipinski definition) is 3. The molecule has 0 aliphatic carbocycles. The highest BCUT2D eigenvalue weighted by Gasteiger charge is 2.06. The van der Waals surface area contributed by atoms with Crippen LogP contribution < -0.4 is 15.4 Å². The van der Waals surface area contributed by atoms with E-state index in [1.165, 1.54) is 5.56 Å². The summed E-state index contributed by atoms with van der Waals surface area (Å²) in [5, 5.41) is 6.12. The predicted molar refractivity (Wildman–Crippen MR) is 89.5 cm³/mol. The van der Waals surface area contributed by atoms with Crippen molar-refractivity contribution < 1.29 is 9.53 Å². The van der Waals surface area contributed by atoms with E-state index >= 15 is 0 Å². The van der Waals surface area contributed by atoms with Crippen LogP contribution in [0.15, 0.2) is 22.7 Å². The number of ether oxygens (including phenoxy) is 1. The molecule has 0 radical (unpaired) electrons. The number of carbonyl (C=O) groups excluding carboxylic acids is 1. The van der Waals surface area contributed by atoms with Crippen molar-refractivity contribution in [2.45, 2.75) is 33.7 Å². The molecule has 0 saturated heterocycles. The Hall–Kier alpha value is -1.07. The van der Waals surface area contributed by atoms with Crippen molar-refractivity contribution in [2.75, 3.05) is 19.7 Å². The molecule has 0 unspecified atom stereocenters. The molecule has 0 bridgehead atoms. The van der Waals surface area contributed by atoms with Crippen LogP contribution in [-0.2, 0) is 11.3 Å². The molecule has 5 heteroatoms. The number of rotatable bonds is 9. The highest BCUT2D eigenvalue weighted by molar-refractivity contribution is 9.10. The average Bonchev–Trinajstić information content (AvgIpc) is 2.43. The zero-order valence-electron chi connectivity index (χ0n) is 13.0. The summed E-state index contributed by atoms with van der Waals surface area (Å²) in [5.41, 5.74) is 1.18. The minimum Gasteiger partial charge on any atom is -0.483 e. The molecular weight excluding hydrogens is 332 g/mol. The summed E-state index contributed by atoms with van der Waals surface area (Å²) in [5.74, 6) is 1.19. The topological polar surface area (TPSA) is 50.4 Å². The minimum atomic E-state index is -0.0840. The summed E-state index contributed by atoms with van der Waals surface area (Å²) >= 11 is 3.48. The molecule has 0 aliphatic rings. The van der Waals surface area contributed by atoms with E-state index in [2.05, 4.69) is 47.3 Å². The van der Waals surface area contributed by atoms with Crippen LogP contribution in [0.1, 0.15) is 32.8 Å². The fourth-order valence-electron chi connectivity index (χ4n) is 1.74.